The van der Waals surface area contributed by atoms with Crippen LogP contribution < -0.4 is 0 Å². The Kier molecular flexibility index (Phi) is 9.48. The van der Waals surface area contributed by atoms with E-state index in [0.717, 1.165) is 17.0 Å². The summed E-state index contributed by atoms with van der Waals surface area (Å²) in [4.78, 5) is 34.2. The van der Waals surface area contributed by atoms with E-state index >= 15 is 0 Å². The molecule has 2 aromatic rings. The number of aliphatic imine (C=N–C) groups is 1. The van der Waals surface area contributed by atoms with E-state index in [1.807, 2.05) is 88.4 Å². The van der Waals surface area contributed by atoms with Crippen LogP contribution in [0.5, 0.6) is 0 Å². The van der Waals surface area contributed by atoms with E-state index in [-0.39, 0.29) is 24.0 Å². The van der Waals surface area contributed by atoms with Gasteiger partial charge in [0.25, 0.3) is 0 Å². The van der Waals surface area contributed by atoms with Gasteiger partial charge in [0.1, 0.15) is 5.84 Å². The van der Waals surface area contributed by atoms with Crippen molar-refractivity contribution in [2.24, 2.45) is 4.99 Å². The van der Waals surface area contributed by atoms with Crippen molar-refractivity contribution in [3.05, 3.63) is 88.1 Å². The molecule has 1 aliphatic rings. The largest absolute Gasteiger partial charge is 0.459 e. The summed E-state index contributed by atoms with van der Waals surface area (Å²) in [7, 11) is 1.79. The van der Waals surface area contributed by atoms with Gasteiger partial charge in [-0.25, -0.2) is 9.79 Å². The molecule has 0 saturated heterocycles. The number of amides is 1. The number of allylic oxidation sites excluding steroid dienone is 1. The fraction of sp³-hybridized carbons (Fsp3) is 0.345. The van der Waals surface area contributed by atoms with Crippen LogP contribution in [0.15, 0.2) is 76.9 Å². The van der Waals surface area contributed by atoms with Gasteiger partial charge in [-0.1, -0.05) is 54.1 Å². The number of likely N-dealkylation sites (N-methyl/N-ethyl adjacent to an activating group) is 1. The van der Waals surface area contributed by atoms with Crippen LogP contribution >= 0.6 is 11.6 Å². The van der Waals surface area contributed by atoms with Gasteiger partial charge in [-0.2, -0.15) is 0 Å². The lowest BCUT2D eigenvalue weighted by Crippen LogP contribution is -2.41. The number of esters is 1. The number of hydrogen-bond donors (Lipinski definition) is 0. The summed E-state index contributed by atoms with van der Waals surface area (Å²) in [6, 6.07) is 16.9. The molecule has 0 bridgehead atoms. The molecule has 3 rings (SSSR count). The van der Waals surface area contributed by atoms with Gasteiger partial charge in [0.15, 0.2) is 0 Å². The first kappa shape index (κ1) is 27.2. The number of ether oxygens (including phenoxy) is 1. The third-order valence-corrected chi connectivity index (χ3v) is 6.17. The maximum absolute atomic E-state index is 13.1. The van der Waals surface area contributed by atoms with E-state index < -0.39 is 0 Å². The van der Waals surface area contributed by atoms with Gasteiger partial charge in [0.05, 0.1) is 23.4 Å². The molecule has 190 valence electrons. The molecule has 2 aromatic carbocycles. The molecule has 0 radical (unpaired) electrons. The second kappa shape index (κ2) is 12.5. The number of nitrogens with zero attached hydrogens (tertiary/aromatic N) is 3. The molecule has 0 fully saturated rings. The zero-order valence-electron chi connectivity index (χ0n) is 21.6. The molecule has 1 heterocycles. The van der Waals surface area contributed by atoms with Crippen LogP contribution in [-0.2, 0) is 14.3 Å². The molecule has 1 unspecified atom stereocenters. The number of carbonyl (C=O) groups excluding carboxylic acids is 2. The highest BCUT2D eigenvalue weighted by Crippen LogP contribution is 2.37. The highest BCUT2D eigenvalue weighted by atomic mass is 35.5. The molecule has 36 heavy (non-hydrogen) atoms. The van der Waals surface area contributed by atoms with Crippen molar-refractivity contribution < 1.29 is 14.3 Å². The van der Waals surface area contributed by atoms with Crippen LogP contribution in [0.4, 0.5) is 0 Å². The first-order chi connectivity index (χ1) is 17.2. The molecule has 0 aromatic heterocycles. The molecular weight excluding hydrogens is 474 g/mol. The van der Waals surface area contributed by atoms with Gasteiger partial charge < -0.3 is 14.5 Å². The van der Waals surface area contributed by atoms with Gasteiger partial charge in [0, 0.05) is 31.2 Å². The molecule has 0 saturated carbocycles. The van der Waals surface area contributed by atoms with Crippen LogP contribution in [0, 0.1) is 0 Å². The first-order valence-corrected chi connectivity index (χ1v) is 12.5. The van der Waals surface area contributed by atoms with Crippen LogP contribution in [-0.4, -0.2) is 53.8 Å². The third kappa shape index (κ3) is 7.08. The minimum Gasteiger partial charge on any atom is -0.459 e. The van der Waals surface area contributed by atoms with Crippen molar-refractivity contribution in [3.8, 4) is 0 Å². The molecular formula is C29H34ClN3O3. The second-order valence-electron chi connectivity index (χ2n) is 9.12. The van der Waals surface area contributed by atoms with Crippen LogP contribution in [0.2, 0.25) is 5.02 Å². The Morgan fingerprint density at radius 1 is 1.14 bits per heavy atom. The summed E-state index contributed by atoms with van der Waals surface area (Å²) in [6.07, 6.45) is 3.85. The summed E-state index contributed by atoms with van der Waals surface area (Å²) in [6.45, 7) is 8.58. The van der Waals surface area contributed by atoms with Crippen molar-refractivity contribution in [1.82, 2.24) is 9.80 Å². The lowest BCUT2D eigenvalue weighted by atomic mass is 9.93. The molecule has 1 amide bonds. The Morgan fingerprint density at radius 2 is 1.86 bits per heavy atom. The van der Waals surface area contributed by atoms with Gasteiger partial charge >= 0.3 is 5.97 Å². The predicted octanol–water partition coefficient (Wildman–Crippen LogP) is 5.90. The Labute approximate surface area is 218 Å². The van der Waals surface area contributed by atoms with Crippen molar-refractivity contribution in [3.63, 3.8) is 0 Å². The van der Waals surface area contributed by atoms with Gasteiger partial charge in [0.2, 0.25) is 5.91 Å². The zero-order valence-corrected chi connectivity index (χ0v) is 22.3. The van der Waals surface area contributed by atoms with E-state index in [1.54, 1.807) is 18.0 Å². The maximum Gasteiger partial charge on any atom is 0.338 e. The second-order valence-corrected chi connectivity index (χ2v) is 9.56. The van der Waals surface area contributed by atoms with E-state index in [4.69, 9.17) is 16.3 Å². The topological polar surface area (TPSA) is 62.2 Å². The fourth-order valence-electron chi connectivity index (χ4n) is 4.21. The van der Waals surface area contributed by atoms with Crippen LogP contribution in [0.25, 0.3) is 6.08 Å². The number of halogens is 1. The lowest BCUT2D eigenvalue weighted by Gasteiger charge is -2.38. The Bertz CT molecular complexity index is 1170. The highest BCUT2D eigenvalue weighted by molar-refractivity contribution is 6.30. The van der Waals surface area contributed by atoms with E-state index in [2.05, 4.69) is 9.89 Å². The SMILES string of the molecule is CC1=NC(C)=C(C(=O)OC(C)C)C(c2cccc(Cl)c2)N1CCCN(C)C(=O)/C=C/c1ccccc1. The van der Waals surface area contributed by atoms with Crippen LogP contribution in [0.1, 0.15) is 51.3 Å². The summed E-state index contributed by atoms with van der Waals surface area (Å²) in [5.74, 6) is 0.356. The van der Waals surface area contributed by atoms with E-state index in [9.17, 15) is 9.59 Å². The number of rotatable bonds is 9. The predicted molar refractivity (Wildman–Crippen MR) is 146 cm³/mol. The van der Waals surface area contributed by atoms with Crippen molar-refractivity contribution in [2.75, 3.05) is 20.1 Å². The molecule has 0 aliphatic carbocycles. The standard InChI is InChI=1S/C29H34ClN3O3/c1-20(2)36-29(35)27-21(3)31-22(4)33(28(27)24-13-9-14-25(30)19-24)18-10-17-32(5)26(34)16-15-23-11-7-6-8-12-23/h6-9,11-16,19-20,28H,10,17-18H2,1-5H3/b16-15+. The molecule has 7 heteroatoms. The lowest BCUT2D eigenvalue weighted by molar-refractivity contribution is -0.143. The van der Waals surface area contributed by atoms with E-state index in [1.165, 1.54) is 0 Å². The van der Waals surface area contributed by atoms with Crippen LogP contribution in [0.3, 0.4) is 0 Å². The van der Waals surface area contributed by atoms with Crippen molar-refractivity contribution >= 4 is 35.4 Å². The molecule has 1 atom stereocenters. The van der Waals surface area contributed by atoms with Crippen molar-refractivity contribution in [1.29, 1.82) is 0 Å². The minimum atomic E-state index is -0.383. The zero-order chi connectivity index (χ0) is 26.2. The summed E-state index contributed by atoms with van der Waals surface area (Å²) >= 11 is 6.32. The fourth-order valence-corrected chi connectivity index (χ4v) is 4.40. The monoisotopic (exact) mass is 507 g/mol. The first-order valence-electron chi connectivity index (χ1n) is 12.1. The van der Waals surface area contributed by atoms with E-state index in [0.29, 0.717) is 35.8 Å². The summed E-state index contributed by atoms with van der Waals surface area (Å²) in [5.41, 5.74) is 3.01. The maximum atomic E-state index is 13.1. The Morgan fingerprint density at radius 3 is 2.53 bits per heavy atom. The van der Waals surface area contributed by atoms with Crippen molar-refractivity contribution in [2.45, 2.75) is 46.3 Å². The number of hydrogen-bond acceptors (Lipinski definition) is 5. The normalized spacial score (nSPS) is 15.9. The average Bonchev–Trinajstić information content (AvgIpc) is 2.83. The third-order valence-electron chi connectivity index (χ3n) is 5.93. The molecule has 6 nitrogen and oxygen atoms in total. The number of amidine groups is 1. The van der Waals surface area contributed by atoms with Gasteiger partial charge in [-0.05, 0) is 63.5 Å². The average molecular weight is 508 g/mol. The Hall–Kier alpha value is -3.38. The summed E-state index contributed by atoms with van der Waals surface area (Å²) in [5, 5.41) is 0.595. The van der Waals surface area contributed by atoms with Gasteiger partial charge in [-0.3, -0.25) is 4.79 Å². The van der Waals surface area contributed by atoms with Gasteiger partial charge in [-0.15, -0.1) is 0 Å². The number of benzene rings is 2. The minimum absolute atomic E-state index is 0.0637. The molecule has 0 spiro atoms. The molecule has 1 aliphatic heterocycles. The highest BCUT2D eigenvalue weighted by Gasteiger charge is 2.35. The molecule has 0 N–H and O–H groups in total. The Balaban J connectivity index is 1.77. The quantitative estimate of drug-likeness (QED) is 0.313. The summed E-state index contributed by atoms with van der Waals surface area (Å²) < 4.78 is 5.58. The smallest absolute Gasteiger partial charge is 0.338 e. The number of carbonyl (C=O) groups is 2.